The van der Waals surface area contributed by atoms with Crippen LogP contribution in [0.4, 0.5) is 0 Å². The fourth-order valence-electron chi connectivity index (χ4n) is 3.34. The smallest absolute Gasteiger partial charge is 0.340 e. The van der Waals surface area contributed by atoms with Gasteiger partial charge in [-0.2, -0.15) is 0 Å². The van der Waals surface area contributed by atoms with E-state index < -0.39 is 11.9 Å². The lowest BCUT2D eigenvalue weighted by Crippen LogP contribution is -2.31. The van der Waals surface area contributed by atoms with E-state index in [0.29, 0.717) is 24.2 Å². The van der Waals surface area contributed by atoms with Gasteiger partial charge in [0.25, 0.3) is 0 Å². The fraction of sp³-hybridized carbons (Fsp3) is 0.368. The Morgan fingerprint density at radius 2 is 2.00 bits per heavy atom. The molecule has 1 aliphatic carbocycles. The van der Waals surface area contributed by atoms with E-state index >= 15 is 0 Å². The quantitative estimate of drug-likeness (QED) is 0.864. The molecule has 0 fully saturated rings. The third-order valence-corrected chi connectivity index (χ3v) is 4.61. The lowest BCUT2D eigenvalue weighted by Gasteiger charge is -2.32. The Balaban J connectivity index is 2.15. The van der Waals surface area contributed by atoms with E-state index in [4.69, 9.17) is 15.2 Å². The van der Waals surface area contributed by atoms with Crippen LogP contribution in [0.1, 0.15) is 43.2 Å². The number of carbonyl (C=O) groups is 2. The number of benzene rings is 1. The monoisotopic (exact) mass is 327 g/mol. The lowest BCUT2D eigenvalue weighted by molar-refractivity contribution is -0.136. The second-order valence-electron chi connectivity index (χ2n) is 6.01. The van der Waals surface area contributed by atoms with Gasteiger partial charge in [-0.15, -0.1) is 0 Å². The number of ether oxygens (including phenoxy) is 2. The second-order valence-corrected chi connectivity index (χ2v) is 6.01. The van der Waals surface area contributed by atoms with E-state index in [1.807, 2.05) is 24.3 Å². The highest BCUT2D eigenvalue weighted by molar-refractivity contribution is 6.03. The molecule has 0 saturated carbocycles. The van der Waals surface area contributed by atoms with Gasteiger partial charge in [0.05, 0.1) is 13.0 Å². The average molecular weight is 327 g/mol. The van der Waals surface area contributed by atoms with Gasteiger partial charge < -0.3 is 15.2 Å². The highest BCUT2D eigenvalue weighted by Crippen LogP contribution is 2.43. The Bertz CT molecular complexity index is 743. The first-order chi connectivity index (χ1) is 11.6. The predicted molar refractivity (Wildman–Crippen MR) is 88.8 cm³/mol. The van der Waals surface area contributed by atoms with Crippen LogP contribution >= 0.6 is 0 Å². The standard InChI is InChI=1S/C19H21NO4/c1-3-11-7-9-12(10-8-11)15-16-13(21)5-4-6-14(16)24-18(20)17(15)19(22)23-2/h7-10,15H,3-6,20H2,1-2H3/t15-/m0/s1. The van der Waals surface area contributed by atoms with Crippen molar-refractivity contribution in [2.75, 3.05) is 7.11 Å². The lowest BCUT2D eigenvalue weighted by atomic mass is 9.77. The van der Waals surface area contributed by atoms with E-state index in [2.05, 4.69) is 6.92 Å². The van der Waals surface area contributed by atoms with Crippen LogP contribution in [0.3, 0.4) is 0 Å². The molecule has 24 heavy (non-hydrogen) atoms. The van der Waals surface area contributed by atoms with E-state index in [9.17, 15) is 9.59 Å². The van der Waals surface area contributed by atoms with Crippen molar-refractivity contribution in [1.82, 2.24) is 0 Å². The molecule has 2 N–H and O–H groups in total. The van der Waals surface area contributed by atoms with Crippen molar-refractivity contribution in [3.05, 3.63) is 58.2 Å². The summed E-state index contributed by atoms with van der Waals surface area (Å²) >= 11 is 0. The van der Waals surface area contributed by atoms with Crippen LogP contribution in [0.2, 0.25) is 0 Å². The SMILES string of the molecule is CCc1ccc([C@@H]2C(C(=O)OC)=C(N)OC3=C2C(=O)CCC3)cc1. The van der Waals surface area contributed by atoms with Gasteiger partial charge in [-0.3, -0.25) is 4.79 Å². The van der Waals surface area contributed by atoms with Crippen LogP contribution in [0.5, 0.6) is 0 Å². The Hall–Kier alpha value is -2.56. The maximum atomic E-state index is 12.5. The van der Waals surface area contributed by atoms with Gasteiger partial charge in [-0.1, -0.05) is 31.2 Å². The molecule has 126 valence electrons. The zero-order valence-corrected chi connectivity index (χ0v) is 13.9. The summed E-state index contributed by atoms with van der Waals surface area (Å²) in [7, 11) is 1.30. The van der Waals surface area contributed by atoms with Crippen molar-refractivity contribution in [2.45, 2.75) is 38.5 Å². The normalized spacial score (nSPS) is 20.6. The first-order valence-corrected chi connectivity index (χ1v) is 8.17. The van der Waals surface area contributed by atoms with Gasteiger partial charge in [0.2, 0.25) is 5.88 Å². The molecule has 0 spiro atoms. The summed E-state index contributed by atoms with van der Waals surface area (Å²) in [5.74, 6) is -0.475. The molecule has 0 amide bonds. The zero-order chi connectivity index (χ0) is 17.3. The summed E-state index contributed by atoms with van der Waals surface area (Å²) in [6.07, 6.45) is 2.77. The molecule has 1 atom stereocenters. The van der Waals surface area contributed by atoms with Crippen LogP contribution in [0.15, 0.2) is 47.1 Å². The van der Waals surface area contributed by atoms with Crippen molar-refractivity contribution in [3.8, 4) is 0 Å². The number of aryl methyl sites for hydroxylation is 1. The van der Waals surface area contributed by atoms with Crippen LogP contribution in [-0.2, 0) is 25.5 Å². The van der Waals surface area contributed by atoms with E-state index in [1.54, 1.807) is 0 Å². The van der Waals surface area contributed by atoms with Crippen LogP contribution in [0, 0.1) is 0 Å². The largest absolute Gasteiger partial charge is 0.465 e. The molecule has 1 aromatic carbocycles. The van der Waals surface area contributed by atoms with Crippen molar-refractivity contribution >= 4 is 11.8 Å². The molecule has 0 radical (unpaired) electrons. The topological polar surface area (TPSA) is 78.6 Å². The second kappa shape index (κ2) is 6.51. The van der Waals surface area contributed by atoms with Gasteiger partial charge in [0, 0.05) is 18.4 Å². The number of hydrogen-bond donors (Lipinski definition) is 1. The Morgan fingerprint density at radius 3 is 2.62 bits per heavy atom. The molecule has 0 bridgehead atoms. The van der Waals surface area contributed by atoms with Gasteiger partial charge in [0.15, 0.2) is 5.78 Å². The maximum absolute atomic E-state index is 12.5. The van der Waals surface area contributed by atoms with Crippen molar-refractivity contribution in [3.63, 3.8) is 0 Å². The molecule has 0 aromatic heterocycles. The van der Waals surface area contributed by atoms with E-state index in [1.165, 1.54) is 12.7 Å². The summed E-state index contributed by atoms with van der Waals surface area (Å²) in [5, 5.41) is 0. The molecule has 3 rings (SSSR count). The Labute approximate surface area is 141 Å². The maximum Gasteiger partial charge on any atom is 0.340 e. The Morgan fingerprint density at radius 1 is 1.29 bits per heavy atom. The van der Waals surface area contributed by atoms with E-state index in [-0.39, 0.29) is 17.2 Å². The van der Waals surface area contributed by atoms with Gasteiger partial charge in [0.1, 0.15) is 11.3 Å². The molecule has 0 unspecified atom stereocenters. The fourth-order valence-corrected chi connectivity index (χ4v) is 3.34. The summed E-state index contributed by atoms with van der Waals surface area (Å²) in [6.45, 7) is 2.08. The number of Topliss-reactive ketones (excluding diaryl/α,β-unsaturated/α-hetero) is 1. The number of methoxy groups -OCH3 is 1. The van der Waals surface area contributed by atoms with Gasteiger partial charge in [-0.05, 0) is 24.0 Å². The minimum Gasteiger partial charge on any atom is -0.465 e. The van der Waals surface area contributed by atoms with Crippen molar-refractivity contribution in [1.29, 1.82) is 0 Å². The first-order valence-electron chi connectivity index (χ1n) is 8.17. The van der Waals surface area contributed by atoms with Gasteiger partial charge >= 0.3 is 5.97 Å². The molecule has 0 saturated heterocycles. The summed E-state index contributed by atoms with van der Waals surface area (Å²) in [6, 6.07) is 7.89. The third kappa shape index (κ3) is 2.70. The van der Waals surface area contributed by atoms with Gasteiger partial charge in [-0.25, -0.2) is 4.79 Å². The molecule has 1 aromatic rings. The summed E-state index contributed by atoms with van der Waals surface area (Å²) in [5.41, 5.74) is 8.78. The molecule has 1 heterocycles. The molecule has 5 nitrogen and oxygen atoms in total. The molecule has 2 aliphatic rings. The number of nitrogens with two attached hydrogens (primary N) is 1. The molecular formula is C19H21NO4. The Kier molecular flexibility index (Phi) is 4.42. The van der Waals surface area contributed by atoms with Crippen LogP contribution in [0.25, 0.3) is 0 Å². The number of rotatable bonds is 3. The van der Waals surface area contributed by atoms with Crippen LogP contribution < -0.4 is 5.73 Å². The zero-order valence-electron chi connectivity index (χ0n) is 13.9. The third-order valence-electron chi connectivity index (χ3n) is 4.61. The molecule has 5 heteroatoms. The molecule has 1 aliphatic heterocycles. The van der Waals surface area contributed by atoms with Crippen molar-refractivity contribution < 1.29 is 19.1 Å². The van der Waals surface area contributed by atoms with Crippen LogP contribution in [-0.4, -0.2) is 18.9 Å². The van der Waals surface area contributed by atoms with Crippen molar-refractivity contribution in [2.24, 2.45) is 5.73 Å². The molecular weight excluding hydrogens is 306 g/mol. The first kappa shape index (κ1) is 16.3. The number of allylic oxidation sites excluding steroid dienone is 2. The predicted octanol–water partition coefficient (Wildman–Crippen LogP) is 2.71. The number of esters is 1. The highest BCUT2D eigenvalue weighted by atomic mass is 16.5. The van der Waals surface area contributed by atoms with E-state index in [0.717, 1.165) is 18.4 Å². The average Bonchev–Trinajstić information content (AvgIpc) is 2.60. The number of ketones is 1. The minimum absolute atomic E-state index is 0.00900. The highest BCUT2D eigenvalue weighted by Gasteiger charge is 2.40. The summed E-state index contributed by atoms with van der Waals surface area (Å²) in [4.78, 5) is 24.8. The number of carbonyl (C=O) groups excluding carboxylic acids is 2. The summed E-state index contributed by atoms with van der Waals surface area (Å²) < 4.78 is 10.5. The minimum atomic E-state index is -0.568. The number of hydrogen-bond acceptors (Lipinski definition) is 5.